The molecule has 2 aromatic heterocycles. The molecule has 0 saturated heterocycles. The minimum Gasteiger partial charge on any atom is -0.337 e. The van der Waals surface area contributed by atoms with Crippen LogP contribution in [0.3, 0.4) is 0 Å². The number of hydrogen-bond donors (Lipinski definition) is 0. The van der Waals surface area contributed by atoms with Gasteiger partial charge in [-0.25, -0.2) is 4.39 Å². The van der Waals surface area contributed by atoms with Gasteiger partial charge in [0.25, 0.3) is 0 Å². The van der Waals surface area contributed by atoms with E-state index < -0.39 is 0 Å². The number of thiophene rings is 1. The zero-order valence-electron chi connectivity index (χ0n) is 15.8. The van der Waals surface area contributed by atoms with E-state index in [1.54, 1.807) is 29.5 Å². The smallest absolute Gasteiger partial charge is 0.233 e. The van der Waals surface area contributed by atoms with E-state index in [-0.39, 0.29) is 23.5 Å². The number of carbonyl (C=O) groups excluding carboxylic acids is 1. The second-order valence-electron chi connectivity index (χ2n) is 6.79. The van der Waals surface area contributed by atoms with E-state index in [2.05, 4.69) is 26.1 Å². The number of amides is 1. The van der Waals surface area contributed by atoms with Crippen LogP contribution in [0.2, 0.25) is 0 Å². The number of benzene rings is 1. The van der Waals surface area contributed by atoms with Gasteiger partial charge in [-0.3, -0.25) is 9.36 Å². The van der Waals surface area contributed by atoms with Gasteiger partial charge in [-0.2, -0.15) is 0 Å². The van der Waals surface area contributed by atoms with Crippen molar-refractivity contribution in [3.63, 3.8) is 0 Å². The Balaban J connectivity index is 1.48. The highest BCUT2D eigenvalue weighted by molar-refractivity contribution is 9.11. The maximum Gasteiger partial charge on any atom is 0.233 e. The Morgan fingerprint density at radius 2 is 2.10 bits per heavy atom. The third kappa shape index (κ3) is 4.73. The first-order valence-corrected chi connectivity index (χ1v) is 12.0. The average molecular weight is 495 g/mol. The van der Waals surface area contributed by atoms with Gasteiger partial charge in [0.2, 0.25) is 5.91 Å². The summed E-state index contributed by atoms with van der Waals surface area (Å²) < 4.78 is 17.3. The van der Waals surface area contributed by atoms with Gasteiger partial charge in [0.1, 0.15) is 5.82 Å². The Kier molecular flexibility index (Phi) is 6.36. The van der Waals surface area contributed by atoms with Crippen molar-refractivity contribution in [2.75, 3.05) is 12.3 Å². The van der Waals surface area contributed by atoms with E-state index >= 15 is 0 Å². The van der Waals surface area contributed by atoms with Crippen molar-refractivity contribution in [1.82, 2.24) is 19.7 Å². The van der Waals surface area contributed by atoms with Crippen LogP contribution >= 0.6 is 39.0 Å². The average Bonchev–Trinajstić information content (AvgIpc) is 3.34. The van der Waals surface area contributed by atoms with Crippen molar-refractivity contribution in [2.24, 2.45) is 0 Å². The highest BCUT2D eigenvalue weighted by Gasteiger charge is 2.31. The lowest BCUT2D eigenvalue weighted by atomic mass is 10.2. The van der Waals surface area contributed by atoms with Crippen molar-refractivity contribution < 1.29 is 9.18 Å². The highest BCUT2D eigenvalue weighted by Crippen LogP contribution is 2.41. The number of rotatable bonds is 8. The molecule has 2 heterocycles. The Morgan fingerprint density at radius 3 is 2.76 bits per heavy atom. The van der Waals surface area contributed by atoms with E-state index in [0.717, 1.165) is 21.5 Å². The van der Waals surface area contributed by atoms with Crippen molar-refractivity contribution in [3.8, 4) is 11.4 Å². The van der Waals surface area contributed by atoms with Gasteiger partial charge in [0, 0.05) is 17.5 Å². The Hall–Kier alpha value is -1.71. The highest BCUT2D eigenvalue weighted by atomic mass is 79.9. The SMILES string of the molecule is CCN(Cc1ccc(Br)s1)C(=O)CSc1nnc(-c2ccccc2F)n1C1CC1. The van der Waals surface area contributed by atoms with Crippen LogP contribution in [-0.2, 0) is 11.3 Å². The molecular formula is C20H20BrFN4OS2. The Bertz CT molecular complexity index is 1020. The second-order valence-corrected chi connectivity index (χ2v) is 10.3. The van der Waals surface area contributed by atoms with Crippen molar-refractivity contribution in [2.45, 2.75) is 37.5 Å². The molecule has 3 aromatic rings. The lowest BCUT2D eigenvalue weighted by Gasteiger charge is -2.20. The minimum absolute atomic E-state index is 0.0554. The number of nitrogens with zero attached hydrogens (tertiary/aromatic N) is 4. The van der Waals surface area contributed by atoms with Crippen LogP contribution in [-0.4, -0.2) is 37.9 Å². The summed E-state index contributed by atoms with van der Waals surface area (Å²) in [6.45, 7) is 3.22. The molecule has 0 unspecified atom stereocenters. The van der Waals surface area contributed by atoms with E-state index in [0.29, 0.717) is 29.6 Å². The van der Waals surface area contributed by atoms with Crippen molar-refractivity contribution in [3.05, 3.63) is 50.9 Å². The number of halogens is 2. The molecule has 0 bridgehead atoms. The van der Waals surface area contributed by atoms with Gasteiger partial charge in [-0.1, -0.05) is 23.9 Å². The monoisotopic (exact) mass is 494 g/mol. The second kappa shape index (κ2) is 8.97. The van der Waals surface area contributed by atoms with Gasteiger partial charge < -0.3 is 4.90 Å². The molecular weight excluding hydrogens is 475 g/mol. The molecule has 1 aromatic carbocycles. The Labute approximate surface area is 185 Å². The molecule has 5 nitrogen and oxygen atoms in total. The van der Waals surface area contributed by atoms with Crippen LogP contribution in [0.1, 0.15) is 30.7 Å². The third-order valence-corrected chi connectivity index (χ3v) is 7.26. The molecule has 1 amide bonds. The standard InChI is InChI=1S/C20H20BrFN4OS2/c1-2-25(11-14-9-10-17(21)29-14)18(27)12-28-20-24-23-19(26(20)13-7-8-13)15-5-3-4-6-16(15)22/h3-6,9-10,13H,2,7-8,11-12H2,1H3. The lowest BCUT2D eigenvalue weighted by Crippen LogP contribution is -2.31. The fourth-order valence-corrected chi connectivity index (χ4v) is 5.49. The van der Waals surface area contributed by atoms with Crippen molar-refractivity contribution >= 4 is 44.9 Å². The van der Waals surface area contributed by atoms with Crippen LogP contribution < -0.4 is 0 Å². The molecule has 0 radical (unpaired) electrons. The first-order chi connectivity index (χ1) is 14.1. The zero-order chi connectivity index (χ0) is 20.4. The summed E-state index contributed by atoms with van der Waals surface area (Å²) in [5, 5.41) is 9.19. The molecule has 0 spiro atoms. The maximum absolute atomic E-state index is 14.3. The molecule has 1 fully saturated rings. The number of thioether (sulfide) groups is 1. The minimum atomic E-state index is -0.311. The van der Waals surface area contributed by atoms with Gasteiger partial charge in [0.05, 0.1) is 21.6 Å². The summed E-state index contributed by atoms with van der Waals surface area (Å²) in [6.07, 6.45) is 2.05. The van der Waals surface area contributed by atoms with Crippen LogP contribution in [0.4, 0.5) is 4.39 Å². The Morgan fingerprint density at radius 1 is 1.31 bits per heavy atom. The molecule has 0 N–H and O–H groups in total. The van der Waals surface area contributed by atoms with E-state index in [9.17, 15) is 9.18 Å². The predicted molar refractivity (Wildman–Crippen MR) is 118 cm³/mol. The van der Waals surface area contributed by atoms with Gasteiger partial charge in [-0.15, -0.1) is 21.5 Å². The summed E-state index contributed by atoms with van der Waals surface area (Å²) in [6, 6.07) is 10.9. The van der Waals surface area contributed by atoms with E-state index in [1.165, 1.54) is 17.8 Å². The normalized spacial score (nSPS) is 13.6. The molecule has 1 aliphatic rings. The largest absolute Gasteiger partial charge is 0.337 e. The third-order valence-electron chi connectivity index (χ3n) is 4.73. The summed E-state index contributed by atoms with van der Waals surface area (Å²) >= 11 is 6.47. The first-order valence-electron chi connectivity index (χ1n) is 9.41. The van der Waals surface area contributed by atoms with E-state index in [4.69, 9.17) is 0 Å². The molecule has 1 saturated carbocycles. The number of carbonyl (C=O) groups is 1. The summed E-state index contributed by atoms with van der Waals surface area (Å²) in [4.78, 5) is 15.7. The van der Waals surface area contributed by atoms with E-state index in [1.807, 2.05) is 28.5 Å². The fraction of sp³-hybridized carbons (Fsp3) is 0.350. The molecule has 0 atom stereocenters. The predicted octanol–water partition coefficient (Wildman–Crippen LogP) is 5.38. The quantitative estimate of drug-likeness (QED) is 0.394. The molecule has 4 rings (SSSR count). The maximum atomic E-state index is 14.3. The number of aromatic nitrogens is 3. The topological polar surface area (TPSA) is 51.0 Å². The summed E-state index contributed by atoms with van der Waals surface area (Å²) in [5.74, 6) is 0.563. The van der Waals surface area contributed by atoms with Crippen LogP contribution in [0.5, 0.6) is 0 Å². The first kappa shape index (κ1) is 20.6. The lowest BCUT2D eigenvalue weighted by molar-refractivity contribution is -0.128. The molecule has 152 valence electrons. The summed E-state index contributed by atoms with van der Waals surface area (Å²) in [5.41, 5.74) is 0.448. The molecule has 0 aliphatic heterocycles. The van der Waals surface area contributed by atoms with Crippen molar-refractivity contribution in [1.29, 1.82) is 0 Å². The fourth-order valence-electron chi connectivity index (χ4n) is 3.08. The van der Waals surface area contributed by atoms with Gasteiger partial charge in [0.15, 0.2) is 11.0 Å². The van der Waals surface area contributed by atoms with Crippen LogP contribution in [0.15, 0.2) is 45.3 Å². The van der Waals surface area contributed by atoms with Gasteiger partial charge in [-0.05, 0) is 60.0 Å². The number of hydrogen-bond acceptors (Lipinski definition) is 5. The van der Waals surface area contributed by atoms with Crippen LogP contribution in [0.25, 0.3) is 11.4 Å². The molecule has 9 heteroatoms. The molecule has 29 heavy (non-hydrogen) atoms. The summed E-state index contributed by atoms with van der Waals surface area (Å²) in [7, 11) is 0. The van der Waals surface area contributed by atoms with Crippen LogP contribution in [0, 0.1) is 5.82 Å². The molecule has 1 aliphatic carbocycles. The zero-order valence-corrected chi connectivity index (χ0v) is 19.1. The van der Waals surface area contributed by atoms with Gasteiger partial charge >= 0.3 is 0 Å².